The lowest BCUT2D eigenvalue weighted by Crippen LogP contribution is -2.17. The largest absolute Gasteiger partial charge is 0.493 e. The number of carbonyl (C=O) groups is 1. The number of carbonyl (C=O) groups excluding carboxylic acids is 1. The van der Waals surface area contributed by atoms with Gasteiger partial charge in [-0.05, 0) is 31.7 Å². The monoisotopic (exact) mass is 331 g/mol. The minimum atomic E-state index is -0.688. The van der Waals surface area contributed by atoms with E-state index in [2.05, 4.69) is 15.3 Å². The van der Waals surface area contributed by atoms with Crippen molar-refractivity contribution in [2.75, 3.05) is 12.4 Å². The first kappa shape index (κ1) is 16.2. The lowest BCUT2D eigenvalue weighted by atomic mass is 10.1. The van der Waals surface area contributed by atoms with Gasteiger partial charge in [-0.2, -0.15) is 0 Å². The number of anilines is 1. The number of rotatable bonds is 5. The molecule has 1 saturated carbocycles. The Labute approximate surface area is 139 Å². The summed E-state index contributed by atoms with van der Waals surface area (Å²) in [6.45, 7) is 0. The van der Waals surface area contributed by atoms with Gasteiger partial charge >= 0.3 is 0 Å². The van der Waals surface area contributed by atoms with E-state index in [0.29, 0.717) is 5.75 Å². The number of nitrogens with one attached hydrogen (secondary N) is 1. The second-order valence-corrected chi connectivity index (χ2v) is 5.55. The Hall–Kier alpha value is -2.70. The molecule has 6 nitrogen and oxygen atoms in total. The smallest absolute Gasteiger partial charge is 0.259 e. The van der Waals surface area contributed by atoms with Gasteiger partial charge in [0.05, 0.1) is 25.0 Å². The Morgan fingerprint density at radius 3 is 2.71 bits per heavy atom. The zero-order valence-corrected chi connectivity index (χ0v) is 13.3. The zero-order valence-electron chi connectivity index (χ0n) is 13.3. The van der Waals surface area contributed by atoms with Crippen molar-refractivity contribution in [1.29, 1.82) is 0 Å². The summed E-state index contributed by atoms with van der Waals surface area (Å²) >= 11 is 0. The number of aromatic nitrogens is 2. The minimum Gasteiger partial charge on any atom is -0.493 e. The van der Waals surface area contributed by atoms with E-state index in [1.807, 2.05) is 0 Å². The molecular weight excluding hydrogens is 313 g/mol. The summed E-state index contributed by atoms with van der Waals surface area (Å²) in [6, 6.07) is 2.54. The first-order valence-electron chi connectivity index (χ1n) is 7.79. The summed E-state index contributed by atoms with van der Waals surface area (Å²) in [5.74, 6) is -0.416. The maximum Gasteiger partial charge on any atom is 0.259 e. The topological polar surface area (TPSA) is 73.3 Å². The molecule has 0 unspecified atom stereocenters. The fraction of sp³-hybridized carbons (Fsp3) is 0.353. The molecule has 1 fully saturated rings. The highest BCUT2D eigenvalue weighted by Gasteiger charge is 2.22. The summed E-state index contributed by atoms with van der Waals surface area (Å²) in [5, 5.41) is 2.51. The number of halogens is 1. The maximum atomic E-state index is 14.3. The molecule has 1 aromatic heterocycles. The normalized spacial score (nSPS) is 14.4. The predicted molar refractivity (Wildman–Crippen MR) is 85.8 cm³/mol. The highest BCUT2D eigenvalue weighted by molar-refractivity contribution is 6.04. The van der Waals surface area contributed by atoms with Crippen molar-refractivity contribution in [2.45, 2.75) is 31.8 Å². The molecule has 1 N–H and O–H groups in total. The molecule has 7 heteroatoms. The molecule has 0 aliphatic heterocycles. The van der Waals surface area contributed by atoms with E-state index in [4.69, 9.17) is 9.47 Å². The predicted octanol–water partition coefficient (Wildman–Crippen LogP) is 3.20. The van der Waals surface area contributed by atoms with Crippen molar-refractivity contribution >= 4 is 11.7 Å². The molecule has 0 atom stereocenters. The Bertz CT molecular complexity index is 719. The number of methoxy groups -OCH3 is 1. The van der Waals surface area contributed by atoms with Gasteiger partial charge in [-0.25, -0.2) is 9.37 Å². The van der Waals surface area contributed by atoms with Crippen LogP contribution in [0.1, 0.15) is 36.0 Å². The number of ether oxygens (including phenoxy) is 2. The summed E-state index contributed by atoms with van der Waals surface area (Å²) in [4.78, 5) is 20.1. The second kappa shape index (κ2) is 7.25. The first-order valence-corrected chi connectivity index (χ1v) is 7.79. The van der Waals surface area contributed by atoms with Crippen LogP contribution in [0.2, 0.25) is 0 Å². The molecule has 0 saturated heterocycles. The third-order valence-electron chi connectivity index (χ3n) is 3.90. The lowest BCUT2D eigenvalue weighted by Gasteiger charge is -2.17. The third kappa shape index (κ3) is 3.61. The van der Waals surface area contributed by atoms with Gasteiger partial charge in [0.2, 0.25) is 0 Å². The van der Waals surface area contributed by atoms with Crippen LogP contribution in [-0.4, -0.2) is 29.1 Å². The van der Waals surface area contributed by atoms with Crippen molar-refractivity contribution in [3.63, 3.8) is 0 Å². The second-order valence-electron chi connectivity index (χ2n) is 5.55. The summed E-state index contributed by atoms with van der Waals surface area (Å²) in [7, 11) is 1.44. The average Bonchev–Trinajstić information content (AvgIpc) is 3.10. The van der Waals surface area contributed by atoms with Crippen molar-refractivity contribution in [2.24, 2.45) is 0 Å². The van der Waals surface area contributed by atoms with Gasteiger partial charge in [0.15, 0.2) is 17.3 Å². The van der Waals surface area contributed by atoms with E-state index in [-0.39, 0.29) is 23.2 Å². The molecule has 0 spiro atoms. The highest BCUT2D eigenvalue weighted by Crippen LogP contribution is 2.34. The molecule has 1 aliphatic rings. The molecule has 1 aromatic carbocycles. The number of hydrogen-bond donors (Lipinski definition) is 1. The molecule has 1 aliphatic carbocycles. The fourth-order valence-electron chi connectivity index (χ4n) is 2.69. The molecule has 0 radical (unpaired) electrons. The van der Waals surface area contributed by atoms with Crippen LogP contribution in [0, 0.1) is 5.82 Å². The number of amides is 1. The van der Waals surface area contributed by atoms with E-state index in [0.717, 1.165) is 31.7 Å². The maximum absolute atomic E-state index is 14.3. The quantitative estimate of drug-likeness (QED) is 0.911. The Kier molecular flexibility index (Phi) is 4.88. The van der Waals surface area contributed by atoms with Crippen molar-refractivity contribution in [3.8, 4) is 11.5 Å². The Morgan fingerprint density at radius 1 is 1.25 bits per heavy atom. The summed E-state index contributed by atoms with van der Waals surface area (Å²) in [6.07, 6.45) is 8.48. The van der Waals surface area contributed by atoms with Gasteiger partial charge in [0, 0.05) is 18.5 Å². The van der Waals surface area contributed by atoms with Crippen LogP contribution in [0.5, 0.6) is 11.5 Å². The highest BCUT2D eigenvalue weighted by atomic mass is 19.1. The van der Waals surface area contributed by atoms with Gasteiger partial charge in [0.1, 0.15) is 5.82 Å². The van der Waals surface area contributed by atoms with Gasteiger partial charge in [-0.15, -0.1) is 0 Å². The molecule has 2 aromatic rings. The van der Waals surface area contributed by atoms with E-state index in [1.54, 1.807) is 0 Å². The van der Waals surface area contributed by atoms with E-state index in [1.165, 1.54) is 31.8 Å². The summed E-state index contributed by atoms with van der Waals surface area (Å²) < 4.78 is 25.3. The van der Waals surface area contributed by atoms with E-state index in [9.17, 15) is 9.18 Å². The van der Waals surface area contributed by atoms with Gasteiger partial charge in [0.25, 0.3) is 5.91 Å². The minimum absolute atomic E-state index is 0.0697. The van der Waals surface area contributed by atoms with Crippen LogP contribution >= 0.6 is 0 Å². The van der Waals surface area contributed by atoms with Crippen LogP contribution in [0.15, 0.2) is 30.7 Å². The van der Waals surface area contributed by atoms with E-state index >= 15 is 0 Å². The van der Waals surface area contributed by atoms with Gasteiger partial charge < -0.3 is 14.8 Å². The number of hydrogen-bond acceptors (Lipinski definition) is 5. The van der Waals surface area contributed by atoms with Crippen molar-refractivity contribution in [1.82, 2.24) is 9.97 Å². The third-order valence-corrected chi connectivity index (χ3v) is 3.90. The molecule has 24 heavy (non-hydrogen) atoms. The van der Waals surface area contributed by atoms with Crippen LogP contribution in [0.25, 0.3) is 0 Å². The van der Waals surface area contributed by atoms with Crippen molar-refractivity contribution in [3.05, 3.63) is 42.1 Å². The molecule has 3 rings (SSSR count). The van der Waals surface area contributed by atoms with Crippen LogP contribution in [0.4, 0.5) is 10.2 Å². The van der Waals surface area contributed by atoms with E-state index < -0.39 is 11.7 Å². The Balaban J connectivity index is 1.85. The zero-order chi connectivity index (χ0) is 16.9. The van der Waals surface area contributed by atoms with Crippen LogP contribution in [-0.2, 0) is 0 Å². The number of benzene rings is 1. The van der Waals surface area contributed by atoms with Crippen LogP contribution in [0.3, 0.4) is 0 Å². The first-order chi connectivity index (χ1) is 11.7. The molecular formula is C17H18FN3O3. The number of nitrogens with zero attached hydrogens (tertiary/aromatic N) is 2. The van der Waals surface area contributed by atoms with Crippen molar-refractivity contribution < 1.29 is 18.7 Å². The Morgan fingerprint density at radius 2 is 2.04 bits per heavy atom. The molecule has 0 bridgehead atoms. The molecule has 126 valence electrons. The fourth-order valence-corrected chi connectivity index (χ4v) is 2.69. The lowest BCUT2D eigenvalue weighted by molar-refractivity contribution is 0.102. The SMILES string of the molecule is COc1cc(F)c(C(=O)Nc2cnccn2)cc1OC1CCCC1. The molecule has 1 amide bonds. The van der Waals surface area contributed by atoms with Gasteiger partial charge in [-0.1, -0.05) is 0 Å². The summed E-state index contributed by atoms with van der Waals surface area (Å²) in [5.41, 5.74) is -0.130. The standard InChI is InChI=1S/C17H18FN3O3/c1-23-14-9-13(18)12(8-15(14)24-11-4-2-3-5-11)17(22)21-16-10-19-6-7-20-16/h6-11H,2-5H2,1H3,(H,20,21,22). The van der Waals surface area contributed by atoms with Crippen LogP contribution < -0.4 is 14.8 Å². The molecule has 1 heterocycles. The van der Waals surface area contributed by atoms with Gasteiger partial charge in [-0.3, -0.25) is 9.78 Å². The average molecular weight is 331 g/mol.